The van der Waals surface area contributed by atoms with Gasteiger partial charge in [0.2, 0.25) is 0 Å². The summed E-state index contributed by atoms with van der Waals surface area (Å²) in [7, 11) is 2.13. The van der Waals surface area contributed by atoms with Crippen molar-refractivity contribution in [2.45, 2.75) is 12.3 Å². The van der Waals surface area contributed by atoms with Gasteiger partial charge in [-0.15, -0.1) is 0 Å². The lowest BCUT2D eigenvalue weighted by Crippen LogP contribution is -2.44. The quantitative estimate of drug-likeness (QED) is 0.539. The van der Waals surface area contributed by atoms with Crippen LogP contribution in [0.3, 0.4) is 0 Å². The molecule has 0 spiro atoms. The molecule has 0 saturated carbocycles. The lowest BCUT2D eigenvalue weighted by molar-refractivity contribution is 0.409. The summed E-state index contributed by atoms with van der Waals surface area (Å²) in [5.74, 6) is 0.909. The first-order valence-electron chi connectivity index (χ1n) is 9.97. The van der Waals surface area contributed by atoms with Crippen molar-refractivity contribution in [1.29, 1.82) is 0 Å². The van der Waals surface area contributed by atoms with Gasteiger partial charge in [0, 0.05) is 5.56 Å². The maximum Gasteiger partial charge on any atom is 0.139 e. The summed E-state index contributed by atoms with van der Waals surface area (Å²) in [6.45, 7) is 0. The molecule has 0 aliphatic carbocycles. The Kier molecular flexibility index (Phi) is 4.62. The van der Waals surface area contributed by atoms with Crippen LogP contribution in [0.15, 0.2) is 102 Å². The fraction of sp³-hybridized carbons (Fsp3) is 0.0800. The maximum absolute atomic E-state index is 5.02. The van der Waals surface area contributed by atoms with Gasteiger partial charge >= 0.3 is 0 Å². The first kappa shape index (κ1) is 17.7. The molecule has 3 nitrogen and oxygen atoms in total. The average molecular weight is 375 g/mol. The molecule has 0 bridgehead atoms. The molecule has 0 fully saturated rings. The summed E-state index contributed by atoms with van der Waals surface area (Å²) in [5, 5.41) is 9.73. The van der Waals surface area contributed by atoms with E-state index in [0.29, 0.717) is 0 Å². The Morgan fingerprint density at radius 1 is 0.690 bits per heavy atom. The number of hydrogen-bond donors (Lipinski definition) is 2. The molecule has 29 heavy (non-hydrogen) atoms. The molecule has 1 heterocycles. The van der Waals surface area contributed by atoms with E-state index in [1.54, 1.807) is 0 Å². The van der Waals surface area contributed by atoms with Gasteiger partial charge in [0.05, 0.1) is 0 Å². The Labute approximate surface area is 171 Å². The third-order valence-electron chi connectivity index (χ3n) is 5.38. The highest BCUT2D eigenvalue weighted by molar-refractivity contribution is 6.33. The number of amidine groups is 1. The Morgan fingerprint density at radius 2 is 1.38 bits per heavy atom. The van der Waals surface area contributed by atoms with Crippen molar-refractivity contribution in [2.24, 2.45) is 4.99 Å². The monoisotopic (exact) mass is 375 g/mol. The van der Waals surface area contributed by atoms with E-state index < -0.39 is 0 Å². The molecule has 0 aromatic heterocycles. The second-order valence-electron chi connectivity index (χ2n) is 7.51. The normalized spacial score (nSPS) is 18.8. The van der Waals surface area contributed by atoms with Crippen molar-refractivity contribution in [3.8, 4) is 0 Å². The smallest absolute Gasteiger partial charge is 0.139 e. The van der Waals surface area contributed by atoms with E-state index in [0.717, 1.165) is 17.0 Å². The van der Waals surface area contributed by atoms with E-state index >= 15 is 0 Å². The van der Waals surface area contributed by atoms with Crippen LogP contribution in [-0.4, -0.2) is 13.7 Å². The summed E-state index contributed by atoms with van der Waals surface area (Å²) < 4.78 is 0. The molecule has 140 valence electrons. The van der Waals surface area contributed by atoms with Crippen LogP contribution < -0.4 is 16.1 Å². The van der Waals surface area contributed by atoms with Crippen LogP contribution in [0.2, 0.25) is 0 Å². The predicted octanol–water partition coefficient (Wildman–Crippen LogP) is 3.44. The summed E-state index contributed by atoms with van der Waals surface area (Å²) in [4.78, 5) is 5.02. The number of benzene rings is 4. The summed E-state index contributed by atoms with van der Waals surface area (Å²) >= 11 is 0. The molecular weight excluding hydrogens is 353 g/mol. The van der Waals surface area contributed by atoms with Crippen LogP contribution >= 0.6 is 0 Å². The Hall–Kier alpha value is -3.37. The molecule has 0 amide bonds. The number of nitrogens with one attached hydrogen (secondary N) is 2. The SMILES string of the molecule is Bc1ccc2cc(C3N=C(c4ccccc4)NC(c4ccccc4)N3)ccc2c1. The van der Waals surface area contributed by atoms with E-state index in [2.05, 4.69) is 91.3 Å². The zero-order valence-corrected chi connectivity index (χ0v) is 16.3. The van der Waals surface area contributed by atoms with Gasteiger partial charge in [-0.1, -0.05) is 96.5 Å². The molecule has 4 aromatic rings. The minimum atomic E-state index is -0.123. The first-order valence-corrected chi connectivity index (χ1v) is 9.97. The molecular formula is C25H22BN3. The Bertz CT molecular complexity index is 1170. The molecule has 4 heteroatoms. The van der Waals surface area contributed by atoms with Crippen molar-refractivity contribution in [2.75, 3.05) is 0 Å². The Morgan fingerprint density at radius 3 is 2.17 bits per heavy atom. The molecule has 1 aliphatic rings. The van der Waals surface area contributed by atoms with E-state index in [1.165, 1.54) is 21.8 Å². The van der Waals surface area contributed by atoms with Crippen LogP contribution in [0, 0.1) is 0 Å². The summed E-state index contributed by atoms with van der Waals surface area (Å²) in [6.07, 6.45) is -0.134. The third-order valence-corrected chi connectivity index (χ3v) is 5.38. The minimum Gasteiger partial charge on any atom is -0.350 e. The van der Waals surface area contributed by atoms with Crippen LogP contribution in [-0.2, 0) is 0 Å². The first-order chi connectivity index (χ1) is 14.3. The van der Waals surface area contributed by atoms with Gasteiger partial charge in [-0.25, -0.2) is 4.99 Å². The van der Waals surface area contributed by atoms with Gasteiger partial charge in [0.25, 0.3) is 0 Å². The molecule has 0 radical (unpaired) electrons. The second kappa shape index (κ2) is 7.57. The molecule has 0 saturated heterocycles. The van der Waals surface area contributed by atoms with Crippen molar-refractivity contribution in [1.82, 2.24) is 10.6 Å². The highest BCUT2D eigenvalue weighted by atomic mass is 15.3. The van der Waals surface area contributed by atoms with E-state index in [4.69, 9.17) is 4.99 Å². The highest BCUT2D eigenvalue weighted by Gasteiger charge is 2.25. The number of fused-ring (bicyclic) bond motifs is 1. The van der Waals surface area contributed by atoms with Crippen LogP contribution in [0.25, 0.3) is 10.8 Å². The lowest BCUT2D eigenvalue weighted by atomic mass is 9.93. The van der Waals surface area contributed by atoms with Gasteiger partial charge in [-0.2, -0.15) is 0 Å². The van der Waals surface area contributed by atoms with Crippen molar-refractivity contribution in [3.05, 3.63) is 114 Å². The third kappa shape index (κ3) is 3.67. The predicted molar refractivity (Wildman–Crippen MR) is 123 cm³/mol. The van der Waals surface area contributed by atoms with Crippen molar-refractivity contribution >= 4 is 29.9 Å². The molecule has 4 aromatic carbocycles. The number of aliphatic imine (C=N–C) groups is 1. The largest absolute Gasteiger partial charge is 0.350 e. The van der Waals surface area contributed by atoms with E-state index in [-0.39, 0.29) is 12.3 Å². The van der Waals surface area contributed by atoms with E-state index in [1.807, 2.05) is 24.3 Å². The van der Waals surface area contributed by atoms with Crippen molar-refractivity contribution in [3.63, 3.8) is 0 Å². The number of nitrogens with zero attached hydrogens (tertiary/aromatic N) is 1. The van der Waals surface area contributed by atoms with Gasteiger partial charge < -0.3 is 5.32 Å². The van der Waals surface area contributed by atoms with Crippen LogP contribution in [0.4, 0.5) is 0 Å². The molecule has 2 unspecified atom stereocenters. The van der Waals surface area contributed by atoms with Crippen molar-refractivity contribution < 1.29 is 0 Å². The zero-order chi connectivity index (χ0) is 19.6. The summed E-state index contributed by atoms with van der Waals surface area (Å²) in [6, 6.07) is 34.0. The van der Waals surface area contributed by atoms with Crippen LogP contribution in [0.5, 0.6) is 0 Å². The average Bonchev–Trinajstić information content (AvgIpc) is 2.79. The fourth-order valence-electron chi connectivity index (χ4n) is 3.84. The lowest BCUT2D eigenvalue weighted by Gasteiger charge is -2.32. The minimum absolute atomic E-state index is 0.0115. The topological polar surface area (TPSA) is 36.4 Å². The van der Waals surface area contributed by atoms with Gasteiger partial charge in [0.1, 0.15) is 26.0 Å². The number of rotatable bonds is 3. The van der Waals surface area contributed by atoms with Gasteiger partial charge in [0.15, 0.2) is 0 Å². The van der Waals surface area contributed by atoms with Crippen LogP contribution in [0.1, 0.15) is 29.0 Å². The Balaban J connectivity index is 1.57. The van der Waals surface area contributed by atoms with Gasteiger partial charge in [-0.05, 0) is 28.0 Å². The maximum atomic E-state index is 5.02. The van der Waals surface area contributed by atoms with E-state index in [9.17, 15) is 0 Å². The number of hydrogen-bond acceptors (Lipinski definition) is 3. The fourth-order valence-corrected chi connectivity index (χ4v) is 3.84. The molecule has 1 aliphatic heterocycles. The summed E-state index contributed by atoms with van der Waals surface area (Å²) in [5.41, 5.74) is 4.73. The second-order valence-corrected chi connectivity index (χ2v) is 7.51. The highest BCUT2D eigenvalue weighted by Crippen LogP contribution is 2.27. The zero-order valence-electron chi connectivity index (χ0n) is 16.3. The standard InChI is InChI=1S/C25H22BN3/c26-22-14-13-19-15-21(12-11-20(19)16-22)25-28-23(17-7-3-1-4-8-17)27-24(29-25)18-9-5-2-6-10-18/h1-16,23,25,28H,26H2,(H,27,29). The molecule has 2 N–H and O–H groups in total. The molecule has 2 atom stereocenters. The molecule has 5 rings (SSSR count). The van der Waals surface area contributed by atoms with Gasteiger partial charge in [-0.3, -0.25) is 5.32 Å².